The zero-order valence-electron chi connectivity index (χ0n) is 17.4. The minimum absolute atomic E-state index is 0.0592. The average molecular weight is 392 g/mol. The van der Waals surface area contributed by atoms with Gasteiger partial charge in [-0.1, -0.05) is 53.6 Å². The van der Waals surface area contributed by atoms with Gasteiger partial charge in [-0.05, 0) is 39.7 Å². The van der Waals surface area contributed by atoms with Gasteiger partial charge in [0.2, 0.25) is 0 Å². The van der Waals surface area contributed by atoms with E-state index in [0.29, 0.717) is 17.7 Å². The quantitative estimate of drug-likeness (QED) is 0.594. The third-order valence-corrected chi connectivity index (χ3v) is 5.47. The molecular weight excluding hydrogens is 364 g/mol. The Morgan fingerprint density at radius 1 is 1.17 bits per heavy atom. The van der Waals surface area contributed by atoms with Gasteiger partial charge in [0.25, 0.3) is 0 Å². The van der Waals surface area contributed by atoms with Crippen molar-refractivity contribution in [2.45, 2.75) is 52.6 Å². The fraction of sp³-hybridized carbons (Fsp3) is 0.320. The molecule has 0 aliphatic carbocycles. The second-order valence-corrected chi connectivity index (χ2v) is 7.78. The van der Waals surface area contributed by atoms with Crippen LogP contribution in [-0.2, 0) is 0 Å². The number of ketones is 1. The molecule has 0 bridgehead atoms. The standard InChI is InChI=1S/C25H28O4/c1-5-16(4)18(12-11-15(2)3)23-19(26)13-20(27)24-21(28)14-22(29-25(23)24)17-9-7-6-8-10-17/h5-11,13,18,22,26-27H,12,14H2,1-4H3. The first-order chi connectivity index (χ1) is 13.8. The van der Waals surface area contributed by atoms with Gasteiger partial charge in [-0.15, -0.1) is 0 Å². The van der Waals surface area contributed by atoms with E-state index >= 15 is 0 Å². The van der Waals surface area contributed by atoms with E-state index in [1.807, 2.05) is 64.1 Å². The van der Waals surface area contributed by atoms with Crippen molar-refractivity contribution in [1.82, 2.24) is 0 Å². The fourth-order valence-electron chi connectivity index (χ4n) is 3.77. The molecule has 4 heteroatoms. The highest BCUT2D eigenvalue weighted by Gasteiger charge is 2.35. The Bertz CT molecular complexity index is 966. The minimum atomic E-state index is -0.453. The first-order valence-electron chi connectivity index (χ1n) is 9.93. The Morgan fingerprint density at radius 2 is 1.86 bits per heavy atom. The third kappa shape index (κ3) is 4.21. The summed E-state index contributed by atoms with van der Waals surface area (Å²) in [5.41, 5.74) is 3.84. The molecule has 0 radical (unpaired) electrons. The van der Waals surface area contributed by atoms with Crippen LogP contribution in [0.1, 0.15) is 74.0 Å². The zero-order chi connectivity index (χ0) is 21.1. The molecule has 2 unspecified atom stereocenters. The lowest BCUT2D eigenvalue weighted by atomic mass is 9.83. The van der Waals surface area contributed by atoms with E-state index in [1.165, 1.54) is 11.6 Å². The Hall–Kier alpha value is -3.01. The molecule has 0 spiro atoms. The first-order valence-corrected chi connectivity index (χ1v) is 9.93. The van der Waals surface area contributed by atoms with Gasteiger partial charge >= 0.3 is 0 Å². The van der Waals surface area contributed by atoms with E-state index in [2.05, 4.69) is 6.08 Å². The molecule has 0 aromatic heterocycles. The van der Waals surface area contributed by atoms with E-state index < -0.39 is 6.10 Å². The number of phenolic OH excluding ortho intramolecular Hbond substituents is 2. The minimum Gasteiger partial charge on any atom is -0.507 e. The highest BCUT2D eigenvalue weighted by Crippen LogP contribution is 2.50. The van der Waals surface area contributed by atoms with Gasteiger partial charge in [0.15, 0.2) is 5.78 Å². The van der Waals surface area contributed by atoms with Crippen molar-refractivity contribution in [3.05, 3.63) is 76.4 Å². The Morgan fingerprint density at radius 3 is 2.48 bits per heavy atom. The van der Waals surface area contributed by atoms with Gasteiger partial charge < -0.3 is 14.9 Å². The number of fused-ring (bicyclic) bond motifs is 1. The molecule has 0 saturated carbocycles. The SMILES string of the molecule is CC=C(C)C(CC=C(C)C)c1c(O)cc(O)c2c1OC(c1ccccc1)CC2=O. The summed E-state index contributed by atoms with van der Waals surface area (Å²) >= 11 is 0. The van der Waals surface area contributed by atoms with Gasteiger partial charge in [-0.3, -0.25) is 4.79 Å². The lowest BCUT2D eigenvalue weighted by molar-refractivity contribution is 0.0841. The van der Waals surface area contributed by atoms with Crippen molar-refractivity contribution in [2.75, 3.05) is 0 Å². The number of carbonyl (C=O) groups excluding carboxylic acids is 1. The number of carbonyl (C=O) groups is 1. The predicted molar refractivity (Wildman–Crippen MR) is 115 cm³/mol. The van der Waals surface area contributed by atoms with Gasteiger partial charge in [-0.2, -0.15) is 0 Å². The van der Waals surface area contributed by atoms with Crippen molar-refractivity contribution >= 4 is 5.78 Å². The maximum absolute atomic E-state index is 12.9. The van der Waals surface area contributed by atoms with Crippen LogP contribution in [0.15, 0.2) is 59.7 Å². The number of phenols is 2. The van der Waals surface area contributed by atoms with Gasteiger partial charge in [0.05, 0.1) is 6.42 Å². The topological polar surface area (TPSA) is 66.8 Å². The Labute approximate surface area is 172 Å². The Balaban J connectivity index is 2.18. The number of hydrogen-bond acceptors (Lipinski definition) is 4. The molecule has 1 aliphatic heterocycles. The first kappa shape index (κ1) is 20.7. The van der Waals surface area contributed by atoms with Crippen LogP contribution in [0, 0.1) is 0 Å². The van der Waals surface area contributed by atoms with Crippen molar-refractivity contribution in [1.29, 1.82) is 0 Å². The fourth-order valence-corrected chi connectivity index (χ4v) is 3.77. The van der Waals surface area contributed by atoms with E-state index in [9.17, 15) is 15.0 Å². The van der Waals surface area contributed by atoms with Crippen molar-refractivity contribution in [2.24, 2.45) is 0 Å². The normalized spacial score (nSPS) is 17.3. The predicted octanol–water partition coefficient (Wildman–Crippen LogP) is 6.21. The van der Waals surface area contributed by atoms with Gasteiger partial charge in [0.1, 0.15) is 28.9 Å². The third-order valence-electron chi connectivity index (χ3n) is 5.47. The number of hydrogen-bond donors (Lipinski definition) is 2. The second kappa shape index (κ2) is 8.56. The monoisotopic (exact) mass is 392 g/mol. The van der Waals surface area contributed by atoms with E-state index in [4.69, 9.17) is 4.74 Å². The number of benzene rings is 2. The molecule has 0 amide bonds. The second-order valence-electron chi connectivity index (χ2n) is 7.78. The highest BCUT2D eigenvalue weighted by atomic mass is 16.5. The lowest BCUT2D eigenvalue weighted by Crippen LogP contribution is -2.22. The van der Waals surface area contributed by atoms with Crippen LogP contribution in [0.3, 0.4) is 0 Å². The molecule has 4 nitrogen and oxygen atoms in total. The van der Waals surface area contributed by atoms with Gasteiger partial charge in [0, 0.05) is 17.5 Å². The maximum atomic E-state index is 12.9. The summed E-state index contributed by atoms with van der Waals surface area (Å²) in [6.07, 6.45) is 4.47. The van der Waals surface area contributed by atoms with Gasteiger partial charge in [-0.25, -0.2) is 0 Å². The summed E-state index contributed by atoms with van der Waals surface area (Å²) in [5, 5.41) is 21.2. The van der Waals surface area contributed by atoms with Crippen LogP contribution in [0.4, 0.5) is 0 Å². The number of rotatable bonds is 5. The van der Waals surface area contributed by atoms with E-state index in [-0.39, 0.29) is 35.2 Å². The lowest BCUT2D eigenvalue weighted by Gasteiger charge is -2.31. The van der Waals surface area contributed by atoms with Crippen molar-refractivity contribution in [3.63, 3.8) is 0 Å². The molecule has 0 saturated heterocycles. The van der Waals surface area contributed by atoms with E-state index in [1.54, 1.807) is 0 Å². The molecular formula is C25H28O4. The molecule has 0 fully saturated rings. The number of aromatic hydroxyl groups is 2. The maximum Gasteiger partial charge on any atom is 0.174 e. The number of Topliss-reactive ketones (excluding diaryl/α,β-unsaturated/α-hetero) is 1. The number of ether oxygens (including phenoxy) is 1. The molecule has 2 N–H and O–H groups in total. The largest absolute Gasteiger partial charge is 0.507 e. The average Bonchev–Trinajstić information content (AvgIpc) is 2.69. The molecule has 2 aromatic rings. The summed E-state index contributed by atoms with van der Waals surface area (Å²) in [7, 11) is 0. The van der Waals surface area contributed by atoms with Crippen LogP contribution in [0.5, 0.6) is 17.2 Å². The van der Waals surface area contributed by atoms with Crippen LogP contribution < -0.4 is 4.74 Å². The summed E-state index contributed by atoms with van der Waals surface area (Å²) in [6, 6.07) is 10.8. The molecule has 3 rings (SSSR count). The van der Waals surface area contributed by atoms with Crippen molar-refractivity contribution in [3.8, 4) is 17.2 Å². The smallest absolute Gasteiger partial charge is 0.174 e. The van der Waals surface area contributed by atoms with Crippen LogP contribution >= 0.6 is 0 Å². The molecule has 2 atom stereocenters. The Kier molecular flexibility index (Phi) is 6.12. The molecule has 1 heterocycles. The van der Waals surface area contributed by atoms with E-state index in [0.717, 1.165) is 11.1 Å². The summed E-state index contributed by atoms with van der Waals surface area (Å²) in [4.78, 5) is 12.9. The van der Waals surface area contributed by atoms with Crippen LogP contribution in [-0.4, -0.2) is 16.0 Å². The summed E-state index contributed by atoms with van der Waals surface area (Å²) in [5.74, 6) is -0.349. The molecule has 1 aliphatic rings. The molecule has 2 aromatic carbocycles. The van der Waals surface area contributed by atoms with Crippen LogP contribution in [0.25, 0.3) is 0 Å². The van der Waals surface area contributed by atoms with Crippen LogP contribution in [0.2, 0.25) is 0 Å². The summed E-state index contributed by atoms with van der Waals surface area (Å²) in [6.45, 7) is 8.01. The summed E-state index contributed by atoms with van der Waals surface area (Å²) < 4.78 is 6.27. The van der Waals surface area contributed by atoms with Crippen molar-refractivity contribution < 1.29 is 19.7 Å². The molecule has 152 valence electrons. The number of allylic oxidation sites excluding steroid dienone is 4. The molecule has 29 heavy (non-hydrogen) atoms. The zero-order valence-corrected chi connectivity index (χ0v) is 17.4. The highest BCUT2D eigenvalue weighted by molar-refractivity contribution is 6.03.